The molecule has 5 aromatic rings. The number of aryl methyl sites for hydroxylation is 1. The number of hydrogen-bond acceptors (Lipinski definition) is 13. The SMILES string of the molecule is Cc1cc(N=Nc2ccc(S(=O)(=O)O)cc2)c(N)c(N=Nc2ccc(N=C(O)c3ccc(N=Nc4ccc(O)c(C(=O)O)c4)cc3)cc2)c1N.[Na].[Na]. The Bertz CT molecular complexity index is 2320. The Kier molecular flexibility index (Phi) is 14.4. The van der Waals surface area contributed by atoms with E-state index in [0.29, 0.717) is 33.9 Å². The maximum absolute atomic E-state index is 11.3. The van der Waals surface area contributed by atoms with Gasteiger partial charge in [-0.25, -0.2) is 9.79 Å². The summed E-state index contributed by atoms with van der Waals surface area (Å²) in [5, 5.41) is 54.0. The molecule has 254 valence electrons. The van der Waals surface area contributed by atoms with Gasteiger partial charge in [0.25, 0.3) is 10.1 Å². The zero-order chi connectivity index (χ0) is 36.0. The van der Waals surface area contributed by atoms with Gasteiger partial charge in [0.1, 0.15) is 22.7 Å². The standard InChI is InChI=1S/C33H27N9O7S.2Na/c1-18-16-27(41-38-23-10-13-25(14-11-23)50(47,48)49)30(35)31(29(18)34)42-39-22-8-6-20(7-9-22)36-32(44)19-2-4-21(5-3-19)37-40-24-12-15-28(43)26(17-24)33(45)46;;/h2-17,43H,34-35H2,1H3,(H,36,44)(H,45,46)(H,47,48,49);;. The molecule has 0 aliphatic rings. The van der Waals surface area contributed by atoms with Crippen molar-refractivity contribution < 1.29 is 33.1 Å². The third-order valence-corrected chi connectivity index (χ3v) is 7.81. The van der Waals surface area contributed by atoms with Crippen molar-refractivity contribution >= 4 is 132 Å². The summed E-state index contributed by atoms with van der Waals surface area (Å²) in [6, 6.07) is 23.4. The van der Waals surface area contributed by atoms with Crippen LogP contribution in [0.25, 0.3) is 0 Å². The smallest absolute Gasteiger partial charge is 0.339 e. The fourth-order valence-electron chi connectivity index (χ4n) is 4.24. The molecule has 0 saturated carbocycles. The van der Waals surface area contributed by atoms with E-state index in [4.69, 9.17) is 21.1 Å². The number of aromatic hydroxyl groups is 1. The number of aromatic carboxylic acids is 1. The molecule has 0 aromatic heterocycles. The number of aliphatic hydroxyl groups excluding tert-OH is 1. The van der Waals surface area contributed by atoms with Crippen molar-refractivity contribution in [3.63, 3.8) is 0 Å². The molecule has 0 unspecified atom stereocenters. The second kappa shape index (κ2) is 18.1. The summed E-state index contributed by atoms with van der Waals surface area (Å²) >= 11 is 0. The topological polar surface area (TPSA) is 271 Å². The Morgan fingerprint density at radius 2 is 1.12 bits per heavy atom. The molecule has 0 bridgehead atoms. The van der Waals surface area contributed by atoms with Gasteiger partial charge in [-0.2, -0.15) is 28.9 Å². The molecule has 8 N–H and O–H groups in total. The van der Waals surface area contributed by atoms with Gasteiger partial charge in [-0.15, -0.1) is 10.2 Å². The maximum Gasteiger partial charge on any atom is 0.339 e. The number of phenols is 1. The Morgan fingerprint density at radius 1 is 0.635 bits per heavy atom. The summed E-state index contributed by atoms with van der Waals surface area (Å²) in [6.07, 6.45) is 0. The van der Waals surface area contributed by atoms with Gasteiger partial charge < -0.3 is 26.8 Å². The molecule has 0 amide bonds. The van der Waals surface area contributed by atoms with Gasteiger partial charge in [-0.3, -0.25) is 4.55 Å². The summed E-state index contributed by atoms with van der Waals surface area (Å²) < 4.78 is 31.6. The first-order valence-electron chi connectivity index (χ1n) is 14.3. The van der Waals surface area contributed by atoms with E-state index in [1.807, 2.05) is 0 Å². The minimum Gasteiger partial charge on any atom is -0.507 e. The van der Waals surface area contributed by atoms with Crippen LogP contribution in [0.15, 0.2) is 138 Å². The van der Waals surface area contributed by atoms with Crippen LogP contribution in [0.1, 0.15) is 21.5 Å². The first-order valence-corrected chi connectivity index (χ1v) is 15.8. The van der Waals surface area contributed by atoms with Crippen molar-refractivity contribution in [2.24, 2.45) is 35.7 Å². The number of rotatable bonds is 10. The molecule has 0 heterocycles. The fourth-order valence-corrected chi connectivity index (χ4v) is 4.72. The molecule has 2 radical (unpaired) electrons. The van der Waals surface area contributed by atoms with Gasteiger partial charge in [-0.05, 0) is 110 Å². The largest absolute Gasteiger partial charge is 0.507 e. The van der Waals surface area contributed by atoms with Crippen LogP contribution >= 0.6 is 0 Å². The summed E-state index contributed by atoms with van der Waals surface area (Å²) in [5.74, 6) is -1.93. The number of azo groups is 3. The third kappa shape index (κ3) is 10.6. The maximum atomic E-state index is 11.3. The van der Waals surface area contributed by atoms with E-state index in [-0.39, 0.29) is 110 Å². The van der Waals surface area contributed by atoms with Gasteiger partial charge in [-0.1, -0.05) is 0 Å². The summed E-state index contributed by atoms with van der Waals surface area (Å²) in [4.78, 5) is 15.1. The van der Waals surface area contributed by atoms with Crippen molar-refractivity contribution in [2.45, 2.75) is 11.8 Å². The molecule has 0 fully saturated rings. The molecule has 0 atom stereocenters. The molecule has 0 spiro atoms. The normalized spacial score (nSPS) is 11.8. The number of carboxylic acid groups (broad SMARTS) is 1. The summed E-state index contributed by atoms with van der Waals surface area (Å²) in [6.45, 7) is 1.74. The van der Waals surface area contributed by atoms with Gasteiger partial charge in [0, 0.05) is 64.7 Å². The van der Waals surface area contributed by atoms with E-state index in [9.17, 15) is 23.4 Å². The molecular formula is C33H27N9Na2O7S. The number of benzene rings is 5. The van der Waals surface area contributed by atoms with E-state index >= 15 is 0 Å². The molecule has 0 aliphatic heterocycles. The predicted molar refractivity (Wildman–Crippen MR) is 197 cm³/mol. The van der Waals surface area contributed by atoms with Crippen molar-refractivity contribution in [3.8, 4) is 5.75 Å². The van der Waals surface area contributed by atoms with Gasteiger partial charge in [0.05, 0.1) is 44.7 Å². The second-order valence-corrected chi connectivity index (χ2v) is 11.9. The van der Waals surface area contributed by atoms with Crippen LogP contribution in [0, 0.1) is 6.92 Å². The Labute approximate surface area is 341 Å². The number of nitrogens with zero attached hydrogens (tertiary/aromatic N) is 7. The van der Waals surface area contributed by atoms with Crippen LogP contribution in [0.4, 0.5) is 51.2 Å². The first kappa shape index (κ1) is 41.6. The number of nitrogen functional groups attached to an aromatic ring is 2. The predicted octanol–water partition coefficient (Wildman–Crippen LogP) is 7.93. The van der Waals surface area contributed by atoms with E-state index in [1.165, 1.54) is 42.5 Å². The summed E-state index contributed by atoms with van der Waals surface area (Å²) in [5.41, 5.74) is 15.9. The zero-order valence-electron chi connectivity index (χ0n) is 27.9. The molecule has 5 rings (SSSR count). The molecule has 5 aromatic carbocycles. The number of anilines is 2. The van der Waals surface area contributed by atoms with Crippen molar-refractivity contribution in [2.75, 3.05) is 11.5 Å². The number of nitrogens with two attached hydrogens (primary N) is 2. The molecule has 52 heavy (non-hydrogen) atoms. The molecule has 16 nitrogen and oxygen atoms in total. The minimum atomic E-state index is -4.34. The van der Waals surface area contributed by atoms with Gasteiger partial charge >= 0.3 is 5.97 Å². The van der Waals surface area contributed by atoms with Crippen LogP contribution in [-0.4, -0.2) is 99.3 Å². The van der Waals surface area contributed by atoms with Crippen molar-refractivity contribution in [1.29, 1.82) is 0 Å². The van der Waals surface area contributed by atoms with Gasteiger partial charge in [0.2, 0.25) is 5.90 Å². The van der Waals surface area contributed by atoms with Crippen LogP contribution in [-0.2, 0) is 10.1 Å². The number of carbonyl (C=O) groups is 1. The van der Waals surface area contributed by atoms with Crippen molar-refractivity contribution in [3.05, 3.63) is 114 Å². The van der Waals surface area contributed by atoms with Crippen LogP contribution in [0.2, 0.25) is 0 Å². The van der Waals surface area contributed by atoms with E-state index in [2.05, 4.69) is 35.7 Å². The quantitative estimate of drug-likeness (QED) is 0.0202. The van der Waals surface area contributed by atoms with E-state index in [0.717, 1.165) is 0 Å². The Hall–Kier alpha value is -4.85. The number of hydrogen-bond donors (Lipinski definition) is 6. The average Bonchev–Trinajstić information content (AvgIpc) is 3.09. The van der Waals surface area contributed by atoms with Crippen LogP contribution in [0.3, 0.4) is 0 Å². The van der Waals surface area contributed by atoms with Crippen LogP contribution < -0.4 is 11.5 Å². The molecule has 0 saturated heterocycles. The Morgan fingerprint density at radius 3 is 1.69 bits per heavy atom. The Balaban J connectivity index is 0.00000364. The number of carboxylic acids is 1. The number of aliphatic hydroxyl groups is 1. The third-order valence-electron chi connectivity index (χ3n) is 6.94. The molecule has 0 aliphatic carbocycles. The van der Waals surface area contributed by atoms with Crippen LogP contribution in [0.5, 0.6) is 5.75 Å². The molecular weight excluding hydrogens is 712 g/mol. The van der Waals surface area contributed by atoms with E-state index in [1.54, 1.807) is 61.5 Å². The monoisotopic (exact) mass is 739 g/mol. The molecule has 19 heteroatoms. The zero-order valence-corrected chi connectivity index (χ0v) is 32.8. The minimum absolute atomic E-state index is 0. The second-order valence-electron chi connectivity index (χ2n) is 10.5. The average molecular weight is 740 g/mol. The van der Waals surface area contributed by atoms with Gasteiger partial charge in [0.15, 0.2) is 0 Å². The number of aliphatic imine (C=N–C) groups is 1. The van der Waals surface area contributed by atoms with E-state index < -0.39 is 16.1 Å². The van der Waals surface area contributed by atoms with Crippen molar-refractivity contribution in [1.82, 2.24) is 0 Å². The first-order chi connectivity index (χ1) is 23.8. The summed E-state index contributed by atoms with van der Waals surface area (Å²) in [7, 11) is -4.34. The fraction of sp³-hybridized carbons (Fsp3) is 0.0303.